The molecule has 0 amide bonds. The lowest BCUT2D eigenvalue weighted by Crippen LogP contribution is -2.19. The van der Waals surface area contributed by atoms with Gasteiger partial charge in [-0.05, 0) is 45.2 Å². The van der Waals surface area contributed by atoms with Gasteiger partial charge in [0.25, 0.3) is 0 Å². The topological polar surface area (TPSA) is 65.6 Å². The zero-order valence-electron chi connectivity index (χ0n) is 25.4. The van der Waals surface area contributed by atoms with Crippen LogP contribution < -0.4 is 5.69 Å². The van der Waals surface area contributed by atoms with Gasteiger partial charge in [0.2, 0.25) is 0 Å². The van der Waals surface area contributed by atoms with Crippen LogP contribution in [0.1, 0.15) is 0 Å². The number of rotatable bonds is 5. The fraction of sp³-hybridized carbons (Fsp3) is 0.0500. The molecule has 8 rings (SSSR count). The van der Waals surface area contributed by atoms with Gasteiger partial charge in [-0.15, -0.1) is 0 Å². The Labute approximate surface area is 265 Å². The van der Waals surface area contributed by atoms with Gasteiger partial charge in [-0.1, -0.05) is 127 Å². The summed E-state index contributed by atoms with van der Waals surface area (Å²) in [7, 11) is 3.60. The molecule has 2 aromatic heterocycles. The van der Waals surface area contributed by atoms with Gasteiger partial charge in [0.15, 0.2) is 17.5 Å². The van der Waals surface area contributed by atoms with Gasteiger partial charge in [0.05, 0.1) is 11.0 Å². The fourth-order valence-corrected chi connectivity index (χ4v) is 6.12. The molecule has 6 heteroatoms. The number of aryl methyl sites for hydroxylation is 2. The van der Waals surface area contributed by atoms with E-state index in [-0.39, 0.29) is 5.69 Å². The summed E-state index contributed by atoms with van der Waals surface area (Å²) in [5.74, 6) is 1.85. The summed E-state index contributed by atoms with van der Waals surface area (Å²) in [6, 6.07) is 47.6. The van der Waals surface area contributed by atoms with Crippen LogP contribution in [0.3, 0.4) is 0 Å². The molecule has 8 aromatic rings. The zero-order chi connectivity index (χ0) is 31.2. The predicted molar refractivity (Wildman–Crippen MR) is 186 cm³/mol. The number of benzene rings is 6. The highest BCUT2D eigenvalue weighted by atomic mass is 16.1. The maximum Gasteiger partial charge on any atom is 0.328 e. The molecule has 0 atom stereocenters. The highest BCUT2D eigenvalue weighted by Gasteiger charge is 2.14. The molecule has 0 aliphatic rings. The van der Waals surface area contributed by atoms with Crippen LogP contribution in [-0.2, 0) is 14.1 Å². The number of imidazole rings is 1. The van der Waals surface area contributed by atoms with Gasteiger partial charge in [-0.25, -0.2) is 19.7 Å². The first kappa shape index (κ1) is 27.4. The van der Waals surface area contributed by atoms with E-state index in [4.69, 9.17) is 15.0 Å². The number of fused-ring (bicyclic) bond motifs is 2. The van der Waals surface area contributed by atoms with Crippen LogP contribution in [0, 0.1) is 0 Å². The van der Waals surface area contributed by atoms with Crippen LogP contribution in [0.2, 0.25) is 0 Å². The molecule has 0 radical (unpaired) electrons. The molecule has 0 aliphatic carbocycles. The minimum atomic E-state index is -0.0365. The van der Waals surface area contributed by atoms with Crippen molar-refractivity contribution in [3.8, 4) is 56.4 Å². The molecule has 2 heterocycles. The minimum Gasteiger partial charge on any atom is -0.295 e. The largest absolute Gasteiger partial charge is 0.328 e. The second-order valence-electron chi connectivity index (χ2n) is 11.5. The molecular formula is C40H29N5O. The van der Waals surface area contributed by atoms with Gasteiger partial charge >= 0.3 is 5.69 Å². The van der Waals surface area contributed by atoms with E-state index in [2.05, 4.69) is 84.9 Å². The summed E-state index contributed by atoms with van der Waals surface area (Å²) in [5, 5.41) is 2.44. The van der Waals surface area contributed by atoms with Crippen molar-refractivity contribution in [2.75, 3.05) is 0 Å². The third-order valence-corrected chi connectivity index (χ3v) is 8.66. The number of hydrogen-bond donors (Lipinski definition) is 0. The van der Waals surface area contributed by atoms with Crippen molar-refractivity contribution < 1.29 is 0 Å². The van der Waals surface area contributed by atoms with E-state index >= 15 is 0 Å². The van der Waals surface area contributed by atoms with Crippen LogP contribution in [0.4, 0.5) is 0 Å². The molecule has 0 fully saturated rings. The predicted octanol–water partition coefficient (Wildman–Crippen LogP) is 8.55. The average Bonchev–Trinajstić information content (AvgIpc) is 3.34. The molecule has 0 bridgehead atoms. The van der Waals surface area contributed by atoms with E-state index in [1.165, 1.54) is 16.3 Å². The maximum atomic E-state index is 12.4. The lowest BCUT2D eigenvalue weighted by Gasteiger charge is -2.10. The summed E-state index contributed by atoms with van der Waals surface area (Å²) in [6.45, 7) is 0. The standard InChI is InChI=1S/C40H29N5O/c1-44-35-24-23-32(25-36(35)45(2)40(44)46)26-15-19-30(20-16-26)38-41-37(29-10-4-3-5-11-29)42-39(43-38)31-21-17-28(18-22-31)34-14-8-12-27-9-6-7-13-33(27)34/h3-25H,1-2H3. The van der Waals surface area contributed by atoms with Crippen molar-refractivity contribution in [2.24, 2.45) is 14.1 Å². The Hall–Kier alpha value is -6.14. The molecule has 6 nitrogen and oxygen atoms in total. The summed E-state index contributed by atoms with van der Waals surface area (Å²) >= 11 is 0. The first-order valence-electron chi connectivity index (χ1n) is 15.2. The Morgan fingerprint density at radius 3 is 1.61 bits per heavy atom. The maximum absolute atomic E-state index is 12.4. The molecule has 0 saturated carbocycles. The lowest BCUT2D eigenvalue weighted by molar-refractivity contribution is 0.795. The number of hydrogen-bond acceptors (Lipinski definition) is 4. The lowest BCUT2D eigenvalue weighted by atomic mass is 9.97. The third kappa shape index (κ3) is 4.77. The Bertz CT molecular complexity index is 2440. The summed E-state index contributed by atoms with van der Waals surface area (Å²) in [5.41, 5.74) is 8.93. The van der Waals surface area contributed by atoms with Crippen LogP contribution in [0.5, 0.6) is 0 Å². The first-order chi connectivity index (χ1) is 22.5. The molecule has 0 unspecified atom stereocenters. The fourth-order valence-electron chi connectivity index (χ4n) is 6.12. The third-order valence-electron chi connectivity index (χ3n) is 8.66. The van der Waals surface area contributed by atoms with Crippen LogP contribution in [0.15, 0.2) is 144 Å². The van der Waals surface area contributed by atoms with E-state index in [0.717, 1.165) is 44.4 Å². The van der Waals surface area contributed by atoms with E-state index < -0.39 is 0 Å². The van der Waals surface area contributed by atoms with Gasteiger partial charge in [0.1, 0.15) is 0 Å². The van der Waals surface area contributed by atoms with Crippen LogP contribution in [-0.4, -0.2) is 24.1 Å². The smallest absolute Gasteiger partial charge is 0.295 e. The van der Waals surface area contributed by atoms with Crippen molar-refractivity contribution in [2.45, 2.75) is 0 Å². The van der Waals surface area contributed by atoms with Crippen molar-refractivity contribution in [3.63, 3.8) is 0 Å². The monoisotopic (exact) mass is 595 g/mol. The van der Waals surface area contributed by atoms with Gasteiger partial charge in [-0.3, -0.25) is 9.13 Å². The molecule has 0 spiro atoms. The number of nitrogens with zero attached hydrogens (tertiary/aromatic N) is 5. The zero-order valence-corrected chi connectivity index (χ0v) is 25.4. The SMILES string of the molecule is Cn1c(=O)n(C)c2cc(-c3ccc(-c4nc(-c5ccccc5)nc(-c5ccc(-c6cccc7ccccc67)cc5)n4)cc3)ccc21. The normalized spacial score (nSPS) is 11.3. The molecular weight excluding hydrogens is 566 g/mol. The first-order valence-corrected chi connectivity index (χ1v) is 15.2. The van der Waals surface area contributed by atoms with E-state index in [9.17, 15) is 4.79 Å². The van der Waals surface area contributed by atoms with Crippen LogP contribution >= 0.6 is 0 Å². The quantitative estimate of drug-likeness (QED) is 0.200. The van der Waals surface area contributed by atoms with Gasteiger partial charge in [-0.2, -0.15) is 0 Å². The van der Waals surface area contributed by atoms with Crippen molar-refractivity contribution in [3.05, 3.63) is 150 Å². The molecule has 0 aliphatic heterocycles. The molecule has 6 aromatic carbocycles. The minimum absolute atomic E-state index is 0.0365. The van der Waals surface area contributed by atoms with Crippen LogP contribution in [0.25, 0.3) is 78.2 Å². The second-order valence-corrected chi connectivity index (χ2v) is 11.5. The Kier molecular flexibility index (Phi) is 6.61. The van der Waals surface area contributed by atoms with E-state index in [1.54, 1.807) is 23.2 Å². The highest BCUT2D eigenvalue weighted by Crippen LogP contribution is 2.32. The molecule has 220 valence electrons. The van der Waals surface area contributed by atoms with Gasteiger partial charge in [0, 0.05) is 30.8 Å². The van der Waals surface area contributed by atoms with E-state index in [0.29, 0.717) is 17.5 Å². The second kappa shape index (κ2) is 11.1. The summed E-state index contributed by atoms with van der Waals surface area (Å²) in [4.78, 5) is 27.2. The van der Waals surface area contributed by atoms with Crippen molar-refractivity contribution in [1.29, 1.82) is 0 Å². The molecule has 0 saturated heterocycles. The van der Waals surface area contributed by atoms with Crippen molar-refractivity contribution >= 4 is 21.8 Å². The van der Waals surface area contributed by atoms with Crippen molar-refractivity contribution in [1.82, 2.24) is 24.1 Å². The summed E-state index contributed by atoms with van der Waals surface area (Å²) in [6.07, 6.45) is 0. The molecule has 46 heavy (non-hydrogen) atoms. The van der Waals surface area contributed by atoms with Gasteiger partial charge < -0.3 is 0 Å². The average molecular weight is 596 g/mol. The highest BCUT2D eigenvalue weighted by molar-refractivity contribution is 5.96. The number of aromatic nitrogens is 5. The Morgan fingerprint density at radius 1 is 0.435 bits per heavy atom. The molecule has 0 N–H and O–H groups in total. The summed E-state index contributed by atoms with van der Waals surface area (Å²) < 4.78 is 3.35. The Balaban J connectivity index is 1.18. The van der Waals surface area contributed by atoms with E-state index in [1.807, 2.05) is 54.6 Å². The Morgan fingerprint density at radius 2 is 0.935 bits per heavy atom.